The third kappa shape index (κ3) is 3.51. The number of hydrogen-bond donors (Lipinski definition) is 1. The number of hydrazone groups is 1. The van der Waals surface area contributed by atoms with E-state index in [9.17, 15) is 0 Å². The van der Waals surface area contributed by atoms with Crippen molar-refractivity contribution in [3.05, 3.63) is 0 Å². The minimum absolute atomic E-state index is 0.609. The van der Waals surface area contributed by atoms with Crippen molar-refractivity contribution in [3.63, 3.8) is 0 Å². The molecule has 0 spiro atoms. The molecular formula is C13H26N4. The first kappa shape index (κ1) is 12.5. The van der Waals surface area contributed by atoms with Gasteiger partial charge < -0.3 is 10.6 Å². The number of nitrogens with zero attached hydrogens (tertiary/aromatic N) is 3. The monoisotopic (exact) mass is 238 g/mol. The SMILES string of the molecule is CN(C(N)=NN1CCCCC1)C1CCCCC1. The highest BCUT2D eigenvalue weighted by molar-refractivity contribution is 5.77. The number of piperidine rings is 1. The summed E-state index contributed by atoms with van der Waals surface area (Å²) in [5.41, 5.74) is 6.11. The fourth-order valence-electron chi connectivity index (χ4n) is 2.85. The smallest absolute Gasteiger partial charge is 0.213 e. The molecule has 1 aliphatic heterocycles. The van der Waals surface area contributed by atoms with Crippen molar-refractivity contribution in [1.29, 1.82) is 0 Å². The van der Waals surface area contributed by atoms with Crippen molar-refractivity contribution < 1.29 is 0 Å². The number of hydrogen-bond acceptors (Lipinski definition) is 2. The number of guanidine groups is 1. The molecule has 98 valence electrons. The van der Waals surface area contributed by atoms with Crippen LogP contribution in [-0.4, -0.2) is 42.0 Å². The van der Waals surface area contributed by atoms with Crippen LogP contribution in [0, 0.1) is 0 Å². The molecule has 0 amide bonds. The Morgan fingerprint density at radius 1 is 1.06 bits per heavy atom. The maximum atomic E-state index is 6.11. The van der Waals surface area contributed by atoms with Crippen LogP contribution in [-0.2, 0) is 0 Å². The Balaban J connectivity index is 1.87. The zero-order chi connectivity index (χ0) is 12.1. The van der Waals surface area contributed by atoms with Crippen molar-refractivity contribution >= 4 is 5.96 Å². The van der Waals surface area contributed by atoms with E-state index in [4.69, 9.17) is 5.73 Å². The largest absolute Gasteiger partial charge is 0.368 e. The van der Waals surface area contributed by atoms with Crippen LogP contribution in [0.5, 0.6) is 0 Å². The van der Waals surface area contributed by atoms with E-state index in [-0.39, 0.29) is 0 Å². The zero-order valence-corrected chi connectivity index (χ0v) is 11.1. The lowest BCUT2D eigenvalue weighted by atomic mass is 9.95. The molecule has 0 unspecified atom stereocenters. The normalized spacial score (nSPS) is 23.8. The molecule has 4 nitrogen and oxygen atoms in total. The van der Waals surface area contributed by atoms with E-state index >= 15 is 0 Å². The highest BCUT2D eigenvalue weighted by Crippen LogP contribution is 2.21. The van der Waals surface area contributed by atoms with Crippen LogP contribution in [0.4, 0.5) is 0 Å². The predicted octanol–water partition coefficient (Wildman–Crippen LogP) is 1.97. The van der Waals surface area contributed by atoms with Crippen molar-refractivity contribution in [1.82, 2.24) is 9.91 Å². The van der Waals surface area contributed by atoms with Crippen molar-refractivity contribution in [2.75, 3.05) is 20.1 Å². The van der Waals surface area contributed by atoms with E-state index < -0.39 is 0 Å². The third-order valence-corrected chi connectivity index (χ3v) is 4.06. The fourth-order valence-corrected chi connectivity index (χ4v) is 2.85. The van der Waals surface area contributed by atoms with Crippen LogP contribution in [0.2, 0.25) is 0 Å². The van der Waals surface area contributed by atoms with Gasteiger partial charge >= 0.3 is 0 Å². The predicted molar refractivity (Wildman–Crippen MR) is 71.7 cm³/mol. The minimum Gasteiger partial charge on any atom is -0.368 e. The quantitative estimate of drug-likeness (QED) is 0.591. The molecule has 2 rings (SSSR count). The summed E-state index contributed by atoms with van der Waals surface area (Å²) >= 11 is 0. The van der Waals surface area contributed by atoms with E-state index in [2.05, 4.69) is 22.1 Å². The molecule has 2 fully saturated rings. The molecule has 1 saturated heterocycles. The second-order valence-corrected chi connectivity index (χ2v) is 5.38. The summed E-state index contributed by atoms with van der Waals surface area (Å²) < 4.78 is 0. The number of nitrogens with two attached hydrogens (primary N) is 1. The van der Waals surface area contributed by atoms with Gasteiger partial charge in [0.2, 0.25) is 5.96 Å². The van der Waals surface area contributed by atoms with E-state index in [1.165, 1.54) is 51.4 Å². The molecule has 1 heterocycles. The summed E-state index contributed by atoms with van der Waals surface area (Å²) in [7, 11) is 2.10. The van der Waals surface area contributed by atoms with Crippen LogP contribution in [0.25, 0.3) is 0 Å². The Kier molecular flexibility index (Phi) is 4.51. The summed E-state index contributed by atoms with van der Waals surface area (Å²) in [6.45, 7) is 2.14. The third-order valence-electron chi connectivity index (χ3n) is 4.06. The maximum absolute atomic E-state index is 6.11. The van der Waals surface area contributed by atoms with Crippen LogP contribution in [0.1, 0.15) is 51.4 Å². The van der Waals surface area contributed by atoms with E-state index in [0.717, 1.165) is 13.1 Å². The molecule has 2 aliphatic rings. The van der Waals surface area contributed by atoms with Gasteiger partial charge in [0.1, 0.15) is 0 Å². The summed E-state index contributed by atoms with van der Waals surface area (Å²) in [5.74, 6) is 0.707. The first-order chi connectivity index (χ1) is 8.27. The Hall–Kier alpha value is -0.930. The van der Waals surface area contributed by atoms with Gasteiger partial charge in [0.25, 0.3) is 0 Å². The Morgan fingerprint density at radius 2 is 1.65 bits per heavy atom. The Morgan fingerprint density at radius 3 is 2.29 bits per heavy atom. The second kappa shape index (κ2) is 6.12. The summed E-state index contributed by atoms with van der Waals surface area (Å²) in [6.07, 6.45) is 10.4. The lowest BCUT2D eigenvalue weighted by Crippen LogP contribution is -2.44. The average molecular weight is 238 g/mol. The van der Waals surface area contributed by atoms with Gasteiger partial charge in [-0.2, -0.15) is 0 Å². The minimum atomic E-state index is 0.609. The highest BCUT2D eigenvalue weighted by atomic mass is 15.5. The van der Waals surface area contributed by atoms with Gasteiger partial charge in [-0.05, 0) is 32.1 Å². The van der Waals surface area contributed by atoms with Crippen LogP contribution < -0.4 is 5.73 Å². The standard InChI is InChI=1S/C13H26N4/c1-16(12-8-4-2-5-9-12)13(14)15-17-10-6-3-7-11-17/h12H,2-11H2,1H3,(H2,14,15). The van der Waals surface area contributed by atoms with Gasteiger partial charge in [-0.15, -0.1) is 5.10 Å². The van der Waals surface area contributed by atoms with Gasteiger partial charge in [-0.3, -0.25) is 5.01 Å². The van der Waals surface area contributed by atoms with Crippen molar-refractivity contribution in [2.45, 2.75) is 57.4 Å². The van der Waals surface area contributed by atoms with E-state index in [1.54, 1.807) is 0 Å². The van der Waals surface area contributed by atoms with Crippen LogP contribution in [0.3, 0.4) is 0 Å². The molecular weight excluding hydrogens is 212 g/mol. The Bertz CT molecular complexity index is 252. The number of rotatable bonds is 2. The first-order valence-electron chi connectivity index (χ1n) is 7.09. The topological polar surface area (TPSA) is 44.9 Å². The fraction of sp³-hybridized carbons (Fsp3) is 0.923. The zero-order valence-electron chi connectivity index (χ0n) is 11.1. The molecule has 17 heavy (non-hydrogen) atoms. The van der Waals surface area contributed by atoms with Crippen molar-refractivity contribution in [3.8, 4) is 0 Å². The van der Waals surface area contributed by atoms with Crippen LogP contribution >= 0.6 is 0 Å². The van der Waals surface area contributed by atoms with Crippen LogP contribution in [0.15, 0.2) is 5.10 Å². The molecule has 0 aromatic rings. The lowest BCUT2D eigenvalue weighted by molar-refractivity contribution is 0.224. The molecule has 2 N–H and O–H groups in total. The lowest BCUT2D eigenvalue weighted by Gasteiger charge is -2.33. The molecule has 1 saturated carbocycles. The molecule has 1 aliphatic carbocycles. The molecule has 0 aromatic heterocycles. The molecule has 0 atom stereocenters. The summed E-state index contributed by atoms with van der Waals surface area (Å²) in [4.78, 5) is 2.19. The molecule has 0 bridgehead atoms. The second-order valence-electron chi connectivity index (χ2n) is 5.38. The first-order valence-corrected chi connectivity index (χ1v) is 7.09. The average Bonchev–Trinajstić information content (AvgIpc) is 2.40. The van der Waals surface area contributed by atoms with E-state index in [1.807, 2.05) is 0 Å². The van der Waals surface area contributed by atoms with Gasteiger partial charge in [-0.25, -0.2) is 0 Å². The van der Waals surface area contributed by atoms with Crippen molar-refractivity contribution in [2.24, 2.45) is 10.8 Å². The van der Waals surface area contributed by atoms with Gasteiger partial charge in [0.15, 0.2) is 0 Å². The summed E-state index contributed by atoms with van der Waals surface area (Å²) in [6, 6.07) is 0.609. The molecule has 0 radical (unpaired) electrons. The van der Waals surface area contributed by atoms with E-state index in [0.29, 0.717) is 12.0 Å². The van der Waals surface area contributed by atoms with Gasteiger partial charge in [0, 0.05) is 26.2 Å². The highest BCUT2D eigenvalue weighted by Gasteiger charge is 2.20. The Labute approximate surface area is 105 Å². The summed E-state index contributed by atoms with van der Waals surface area (Å²) in [5, 5.41) is 6.70. The molecule has 4 heteroatoms. The molecule has 0 aromatic carbocycles. The van der Waals surface area contributed by atoms with Gasteiger partial charge in [-0.1, -0.05) is 19.3 Å². The van der Waals surface area contributed by atoms with Gasteiger partial charge in [0.05, 0.1) is 0 Å². The maximum Gasteiger partial charge on any atom is 0.213 e.